The Kier molecular flexibility index (Phi) is 5.85. The lowest BCUT2D eigenvalue weighted by Gasteiger charge is -2.22. The summed E-state index contributed by atoms with van der Waals surface area (Å²) in [5, 5.41) is 12.6. The van der Waals surface area contributed by atoms with Crippen molar-refractivity contribution in [1.82, 2.24) is 15.5 Å². The molecule has 2 heterocycles. The Balaban J connectivity index is 1.37. The summed E-state index contributed by atoms with van der Waals surface area (Å²) >= 11 is 0. The number of carbonyl (C=O) groups is 1. The van der Waals surface area contributed by atoms with E-state index < -0.39 is 0 Å². The predicted octanol–water partition coefficient (Wildman–Crippen LogP) is 3.55. The molecule has 1 aliphatic rings. The van der Waals surface area contributed by atoms with E-state index in [1.807, 2.05) is 30.3 Å². The molecule has 1 atom stereocenters. The number of nitrogens with zero attached hydrogens (tertiary/aromatic N) is 1. The zero-order valence-corrected chi connectivity index (χ0v) is 13.8. The maximum atomic E-state index is 11.9. The van der Waals surface area contributed by atoms with Crippen LogP contribution in [0, 0.1) is 0 Å². The van der Waals surface area contributed by atoms with Crippen LogP contribution in [0.3, 0.4) is 0 Å². The van der Waals surface area contributed by atoms with Crippen molar-refractivity contribution in [2.75, 3.05) is 18.5 Å². The van der Waals surface area contributed by atoms with Crippen molar-refractivity contribution in [3.63, 3.8) is 0 Å². The largest absolute Gasteiger partial charge is 0.378 e. The molecule has 128 valence electrons. The molecule has 1 saturated heterocycles. The Hall–Kier alpha value is -2.34. The molecule has 0 bridgehead atoms. The summed E-state index contributed by atoms with van der Waals surface area (Å²) < 4.78 is 5.69. The monoisotopic (exact) mass is 328 g/mol. The molecule has 3 rings (SSSR count). The minimum Gasteiger partial charge on any atom is -0.378 e. The average molecular weight is 328 g/mol. The number of aromatic nitrogens is 2. The van der Waals surface area contributed by atoms with E-state index in [0.29, 0.717) is 12.6 Å². The van der Waals surface area contributed by atoms with E-state index in [1.54, 1.807) is 6.20 Å². The Bertz CT molecular complexity index is 619. The molecule has 0 unspecified atom stereocenters. The maximum absolute atomic E-state index is 11.9. The van der Waals surface area contributed by atoms with Gasteiger partial charge in [0.25, 0.3) is 0 Å². The van der Waals surface area contributed by atoms with Gasteiger partial charge in [0, 0.05) is 25.0 Å². The highest BCUT2D eigenvalue weighted by atomic mass is 16.5. The molecular weight excluding hydrogens is 304 g/mol. The van der Waals surface area contributed by atoms with Crippen molar-refractivity contribution in [3.8, 4) is 11.3 Å². The fraction of sp³-hybridized carbons (Fsp3) is 0.444. The number of benzene rings is 1. The van der Waals surface area contributed by atoms with Gasteiger partial charge in [-0.15, -0.1) is 0 Å². The van der Waals surface area contributed by atoms with Crippen molar-refractivity contribution < 1.29 is 9.53 Å². The molecule has 1 fully saturated rings. The summed E-state index contributed by atoms with van der Waals surface area (Å²) in [5.74, 6) is 0. The van der Waals surface area contributed by atoms with Crippen LogP contribution in [-0.4, -0.2) is 35.5 Å². The number of amides is 2. The van der Waals surface area contributed by atoms with Crippen molar-refractivity contribution in [2.45, 2.75) is 38.2 Å². The highest BCUT2D eigenvalue weighted by Gasteiger charge is 2.13. The van der Waals surface area contributed by atoms with Gasteiger partial charge in [-0.05, 0) is 55.9 Å². The number of nitrogens with one attached hydrogen (secondary N) is 3. The minimum absolute atomic E-state index is 0.172. The number of aromatic amines is 1. The smallest absolute Gasteiger partial charge is 0.319 e. The number of ether oxygens (including phenoxy) is 1. The van der Waals surface area contributed by atoms with Crippen LogP contribution >= 0.6 is 0 Å². The van der Waals surface area contributed by atoms with Crippen LogP contribution in [0.15, 0.2) is 36.5 Å². The number of rotatable bonds is 6. The van der Waals surface area contributed by atoms with Crippen LogP contribution in [0.25, 0.3) is 11.3 Å². The minimum atomic E-state index is -0.172. The normalized spacial score (nSPS) is 17.4. The summed E-state index contributed by atoms with van der Waals surface area (Å²) in [4.78, 5) is 11.9. The molecular formula is C18H24N4O2. The first-order valence-electron chi connectivity index (χ1n) is 8.57. The third-order valence-corrected chi connectivity index (χ3v) is 4.22. The second-order valence-corrected chi connectivity index (χ2v) is 6.06. The Morgan fingerprint density at radius 3 is 2.83 bits per heavy atom. The van der Waals surface area contributed by atoms with Crippen LogP contribution in [0.5, 0.6) is 0 Å². The van der Waals surface area contributed by atoms with Crippen LogP contribution in [-0.2, 0) is 4.74 Å². The summed E-state index contributed by atoms with van der Waals surface area (Å²) in [6, 6.07) is 9.39. The van der Waals surface area contributed by atoms with Gasteiger partial charge in [-0.2, -0.15) is 5.10 Å². The molecule has 3 N–H and O–H groups in total. The Morgan fingerprint density at radius 1 is 1.25 bits per heavy atom. The van der Waals surface area contributed by atoms with Crippen LogP contribution in [0.4, 0.5) is 10.5 Å². The van der Waals surface area contributed by atoms with E-state index in [2.05, 4.69) is 20.8 Å². The standard InChI is InChI=1S/C18H24N4O2/c23-18(19-11-3-5-16-4-1-2-13-24-16)21-15-8-6-14(7-9-15)17-10-12-20-22-17/h6-10,12,16H,1-5,11,13H2,(H,20,22)(H2,19,21,23)/t16-/m0/s1. The first-order chi connectivity index (χ1) is 11.8. The third-order valence-electron chi connectivity index (χ3n) is 4.22. The molecule has 6 nitrogen and oxygen atoms in total. The van der Waals surface area contributed by atoms with Crippen LogP contribution < -0.4 is 10.6 Å². The summed E-state index contributed by atoms with van der Waals surface area (Å²) in [5.41, 5.74) is 2.76. The van der Waals surface area contributed by atoms with Gasteiger partial charge in [0.2, 0.25) is 0 Å². The van der Waals surface area contributed by atoms with Gasteiger partial charge in [0.15, 0.2) is 0 Å². The number of hydrogen-bond acceptors (Lipinski definition) is 3. The number of H-pyrrole nitrogens is 1. The first kappa shape index (κ1) is 16.5. The summed E-state index contributed by atoms with van der Waals surface area (Å²) in [6.45, 7) is 1.55. The number of anilines is 1. The first-order valence-corrected chi connectivity index (χ1v) is 8.57. The zero-order valence-electron chi connectivity index (χ0n) is 13.8. The van der Waals surface area contributed by atoms with E-state index in [0.717, 1.165) is 42.8 Å². The van der Waals surface area contributed by atoms with E-state index in [4.69, 9.17) is 4.74 Å². The van der Waals surface area contributed by atoms with E-state index in [-0.39, 0.29) is 6.03 Å². The predicted molar refractivity (Wildman–Crippen MR) is 93.9 cm³/mol. The van der Waals surface area contributed by atoms with Gasteiger partial charge in [-0.25, -0.2) is 4.79 Å². The molecule has 0 saturated carbocycles. The Morgan fingerprint density at radius 2 is 2.12 bits per heavy atom. The van der Waals surface area contributed by atoms with E-state index in [1.165, 1.54) is 12.8 Å². The topological polar surface area (TPSA) is 79.0 Å². The molecule has 1 aromatic carbocycles. The lowest BCUT2D eigenvalue weighted by molar-refractivity contribution is 0.0103. The number of hydrogen-bond donors (Lipinski definition) is 3. The molecule has 0 spiro atoms. The van der Waals surface area contributed by atoms with Gasteiger partial charge in [-0.1, -0.05) is 12.1 Å². The van der Waals surface area contributed by atoms with Crippen LogP contribution in [0.1, 0.15) is 32.1 Å². The highest BCUT2D eigenvalue weighted by molar-refractivity contribution is 5.89. The number of carbonyl (C=O) groups excluding carboxylic acids is 1. The zero-order chi connectivity index (χ0) is 16.6. The lowest BCUT2D eigenvalue weighted by atomic mass is 10.0. The third kappa shape index (κ3) is 4.83. The molecule has 0 aliphatic carbocycles. The lowest BCUT2D eigenvalue weighted by Crippen LogP contribution is -2.30. The molecule has 1 aromatic heterocycles. The Labute approximate surface area is 142 Å². The van der Waals surface area contributed by atoms with Crippen molar-refractivity contribution in [3.05, 3.63) is 36.5 Å². The van der Waals surface area contributed by atoms with Crippen molar-refractivity contribution in [2.24, 2.45) is 0 Å². The van der Waals surface area contributed by atoms with Crippen molar-refractivity contribution >= 4 is 11.7 Å². The molecule has 2 aromatic rings. The van der Waals surface area contributed by atoms with Gasteiger partial charge in [0.1, 0.15) is 0 Å². The van der Waals surface area contributed by atoms with Gasteiger partial charge in [0.05, 0.1) is 11.8 Å². The van der Waals surface area contributed by atoms with E-state index in [9.17, 15) is 4.79 Å². The number of urea groups is 1. The summed E-state index contributed by atoms with van der Waals surface area (Å²) in [6.07, 6.45) is 7.63. The fourth-order valence-electron chi connectivity index (χ4n) is 2.89. The van der Waals surface area contributed by atoms with E-state index >= 15 is 0 Å². The second kappa shape index (κ2) is 8.49. The SMILES string of the molecule is O=C(NCCC[C@@H]1CCCCO1)Nc1ccc(-c2ccn[nH]2)cc1. The van der Waals surface area contributed by atoms with Gasteiger partial charge >= 0.3 is 6.03 Å². The van der Waals surface area contributed by atoms with Crippen LogP contribution in [0.2, 0.25) is 0 Å². The molecule has 2 amide bonds. The highest BCUT2D eigenvalue weighted by Crippen LogP contribution is 2.19. The maximum Gasteiger partial charge on any atom is 0.319 e. The van der Waals surface area contributed by atoms with Gasteiger partial charge in [-0.3, -0.25) is 5.10 Å². The molecule has 0 radical (unpaired) electrons. The fourth-order valence-corrected chi connectivity index (χ4v) is 2.89. The quantitative estimate of drug-likeness (QED) is 0.710. The second-order valence-electron chi connectivity index (χ2n) is 6.06. The summed E-state index contributed by atoms with van der Waals surface area (Å²) in [7, 11) is 0. The van der Waals surface area contributed by atoms with Crippen molar-refractivity contribution in [1.29, 1.82) is 0 Å². The molecule has 24 heavy (non-hydrogen) atoms. The average Bonchev–Trinajstić information content (AvgIpc) is 3.15. The molecule has 6 heteroatoms. The molecule has 1 aliphatic heterocycles. The van der Waals surface area contributed by atoms with Gasteiger partial charge < -0.3 is 15.4 Å².